The normalized spacial score (nSPS) is 11.6. The summed E-state index contributed by atoms with van der Waals surface area (Å²) in [4.78, 5) is 14.1. The van der Waals surface area contributed by atoms with E-state index in [1.165, 1.54) is 4.88 Å². The standard InChI is InChI=1S/C12H17N5S2/c1-8-6-18-11(17-8)5-15-12(13-3)14-4-10-9(2)16-7-19-10/h6-7H,4-5H2,1-3H3,(H2,13,14,15). The molecule has 0 fully saturated rings. The lowest BCUT2D eigenvalue weighted by molar-refractivity contribution is 0.806. The molecule has 102 valence electrons. The predicted molar refractivity (Wildman–Crippen MR) is 80.7 cm³/mol. The Balaban J connectivity index is 1.82. The highest BCUT2D eigenvalue weighted by Gasteiger charge is 2.04. The monoisotopic (exact) mass is 295 g/mol. The van der Waals surface area contributed by atoms with Gasteiger partial charge in [-0.25, -0.2) is 9.97 Å². The quantitative estimate of drug-likeness (QED) is 0.670. The number of aromatic nitrogens is 2. The lowest BCUT2D eigenvalue weighted by atomic mass is 10.4. The fourth-order valence-electron chi connectivity index (χ4n) is 1.52. The molecule has 2 heterocycles. The summed E-state index contributed by atoms with van der Waals surface area (Å²) in [6, 6.07) is 0. The molecular weight excluding hydrogens is 278 g/mol. The van der Waals surface area contributed by atoms with E-state index in [0.29, 0.717) is 6.54 Å². The molecule has 0 saturated carbocycles. The van der Waals surface area contributed by atoms with Crippen LogP contribution in [0.25, 0.3) is 0 Å². The van der Waals surface area contributed by atoms with Crippen molar-refractivity contribution in [3.8, 4) is 0 Å². The Labute approximate surface area is 120 Å². The first kappa shape index (κ1) is 14.0. The minimum atomic E-state index is 0.694. The molecule has 0 aromatic carbocycles. The van der Waals surface area contributed by atoms with Crippen molar-refractivity contribution in [1.82, 2.24) is 20.6 Å². The number of guanidine groups is 1. The van der Waals surface area contributed by atoms with Crippen molar-refractivity contribution in [2.24, 2.45) is 4.99 Å². The van der Waals surface area contributed by atoms with Crippen LogP contribution in [0, 0.1) is 13.8 Å². The summed E-state index contributed by atoms with van der Waals surface area (Å²) in [5, 5.41) is 9.64. The summed E-state index contributed by atoms with van der Waals surface area (Å²) in [5.41, 5.74) is 3.99. The molecule has 0 aliphatic heterocycles. The molecule has 2 rings (SSSR count). The van der Waals surface area contributed by atoms with Gasteiger partial charge < -0.3 is 10.6 Å². The van der Waals surface area contributed by atoms with E-state index in [1.54, 1.807) is 29.7 Å². The molecule has 7 heteroatoms. The van der Waals surface area contributed by atoms with Crippen molar-refractivity contribution in [1.29, 1.82) is 0 Å². The molecule has 0 amide bonds. The van der Waals surface area contributed by atoms with Crippen molar-refractivity contribution in [3.63, 3.8) is 0 Å². The molecule has 2 N–H and O–H groups in total. The van der Waals surface area contributed by atoms with Crippen LogP contribution in [0.2, 0.25) is 0 Å². The van der Waals surface area contributed by atoms with Crippen molar-refractivity contribution in [2.45, 2.75) is 26.9 Å². The first-order chi connectivity index (χ1) is 9.19. The highest BCUT2D eigenvalue weighted by Crippen LogP contribution is 2.11. The lowest BCUT2D eigenvalue weighted by Crippen LogP contribution is -2.36. The zero-order valence-electron chi connectivity index (χ0n) is 11.2. The average molecular weight is 295 g/mol. The average Bonchev–Trinajstić information content (AvgIpc) is 2.99. The van der Waals surface area contributed by atoms with Gasteiger partial charge in [-0.3, -0.25) is 4.99 Å². The molecule has 0 radical (unpaired) electrons. The van der Waals surface area contributed by atoms with E-state index in [9.17, 15) is 0 Å². The molecular formula is C12H17N5S2. The largest absolute Gasteiger partial charge is 0.351 e. The topological polar surface area (TPSA) is 62.2 Å². The molecule has 0 aliphatic rings. The van der Waals surface area contributed by atoms with Gasteiger partial charge in [-0.05, 0) is 13.8 Å². The third kappa shape index (κ3) is 4.00. The molecule has 19 heavy (non-hydrogen) atoms. The molecule has 0 saturated heterocycles. The van der Waals surface area contributed by atoms with Crippen LogP contribution in [0.15, 0.2) is 15.9 Å². The van der Waals surface area contributed by atoms with Crippen LogP contribution in [-0.2, 0) is 13.1 Å². The van der Waals surface area contributed by atoms with Crippen LogP contribution in [0.5, 0.6) is 0 Å². The minimum absolute atomic E-state index is 0.694. The second kappa shape index (κ2) is 6.63. The number of thiazole rings is 2. The van der Waals surface area contributed by atoms with Gasteiger partial charge in [0.05, 0.1) is 24.3 Å². The zero-order valence-corrected chi connectivity index (χ0v) is 12.9. The first-order valence-corrected chi connectivity index (χ1v) is 7.69. The Bertz CT molecular complexity index is 558. The molecule has 5 nitrogen and oxygen atoms in total. The summed E-state index contributed by atoms with van der Waals surface area (Å²) in [7, 11) is 1.77. The maximum atomic E-state index is 4.41. The fraction of sp³-hybridized carbons (Fsp3) is 0.417. The summed E-state index contributed by atoms with van der Waals surface area (Å²) in [6.07, 6.45) is 0. The highest BCUT2D eigenvalue weighted by molar-refractivity contribution is 7.10. The number of nitrogens with one attached hydrogen (secondary N) is 2. The van der Waals surface area contributed by atoms with Crippen molar-refractivity contribution in [3.05, 3.63) is 32.2 Å². The van der Waals surface area contributed by atoms with E-state index in [2.05, 4.69) is 25.6 Å². The van der Waals surface area contributed by atoms with Gasteiger partial charge in [0.1, 0.15) is 5.01 Å². The van der Waals surface area contributed by atoms with E-state index >= 15 is 0 Å². The smallest absolute Gasteiger partial charge is 0.191 e. The fourth-order valence-corrected chi connectivity index (χ4v) is 2.95. The van der Waals surface area contributed by atoms with Crippen LogP contribution < -0.4 is 10.6 Å². The number of aryl methyl sites for hydroxylation is 2. The SMILES string of the molecule is CN=C(NCc1nc(C)cs1)NCc1scnc1C. The Morgan fingerprint density at radius 2 is 2.05 bits per heavy atom. The number of aliphatic imine (C=N–C) groups is 1. The first-order valence-electron chi connectivity index (χ1n) is 5.93. The van der Waals surface area contributed by atoms with Crippen molar-refractivity contribution < 1.29 is 0 Å². The molecule has 0 unspecified atom stereocenters. The minimum Gasteiger partial charge on any atom is -0.351 e. The van der Waals surface area contributed by atoms with Gasteiger partial charge in [0.15, 0.2) is 5.96 Å². The molecule has 2 aromatic rings. The van der Waals surface area contributed by atoms with Crippen LogP contribution in [0.1, 0.15) is 21.3 Å². The molecule has 0 atom stereocenters. The van der Waals surface area contributed by atoms with Gasteiger partial charge >= 0.3 is 0 Å². The third-order valence-corrected chi connectivity index (χ3v) is 4.46. The highest BCUT2D eigenvalue weighted by atomic mass is 32.1. The lowest BCUT2D eigenvalue weighted by Gasteiger charge is -2.10. The number of hydrogen-bond acceptors (Lipinski definition) is 5. The number of hydrogen-bond donors (Lipinski definition) is 2. The van der Waals surface area contributed by atoms with E-state index in [1.807, 2.05) is 24.7 Å². The van der Waals surface area contributed by atoms with Crippen molar-refractivity contribution in [2.75, 3.05) is 7.05 Å². The van der Waals surface area contributed by atoms with Crippen LogP contribution in [-0.4, -0.2) is 23.0 Å². The Morgan fingerprint density at radius 1 is 1.26 bits per heavy atom. The van der Waals surface area contributed by atoms with Gasteiger partial charge in [0.2, 0.25) is 0 Å². The van der Waals surface area contributed by atoms with Gasteiger partial charge in [-0.1, -0.05) is 0 Å². The Hall–Kier alpha value is -1.47. The van der Waals surface area contributed by atoms with E-state index in [4.69, 9.17) is 0 Å². The zero-order chi connectivity index (χ0) is 13.7. The molecule has 0 aliphatic carbocycles. The number of rotatable bonds is 4. The summed E-state index contributed by atoms with van der Waals surface area (Å²) < 4.78 is 0. The van der Waals surface area contributed by atoms with Gasteiger partial charge in [0.25, 0.3) is 0 Å². The van der Waals surface area contributed by atoms with E-state index < -0.39 is 0 Å². The second-order valence-corrected chi connectivity index (χ2v) is 5.90. The van der Waals surface area contributed by atoms with Crippen LogP contribution in [0.3, 0.4) is 0 Å². The molecule has 0 spiro atoms. The van der Waals surface area contributed by atoms with E-state index in [-0.39, 0.29) is 0 Å². The predicted octanol–water partition coefficient (Wildman–Crippen LogP) is 2.08. The van der Waals surface area contributed by atoms with Gasteiger partial charge in [-0.2, -0.15) is 0 Å². The van der Waals surface area contributed by atoms with Gasteiger partial charge in [0, 0.05) is 23.0 Å². The van der Waals surface area contributed by atoms with Crippen LogP contribution >= 0.6 is 22.7 Å². The molecule has 2 aromatic heterocycles. The summed E-state index contributed by atoms with van der Waals surface area (Å²) >= 11 is 3.31. The molecule has 0 bridgehead atoms. The third-order valence-electron chi connectivity index (χ3n) is 2.56. The maximum absolute atomic E-state index is 4.41. The Morgan fingerprint density at radius 3 is 2.63 bits per heavy atom. The van der Waals surface area contributed by atoms with Crippen LogP contribution in [0.4, 0.5) is 0 Å². The van der Waals surface area contributed by atoms with E-state index in [0.717, 1.165) is 28.9 Å². The summed E-state index contributed by atoms with van der Waals surface area (Å²) in [6.45, 7) is 5.45. The summed E-state index contributed by atoms with van der Waals surface area (Å²) in [5.74, 6) is 0.778. The number of nitrogens with zero attached hydrogens (tertiary/aromatic N) is 3. The second-order valence-electron chi connectivity index (χ2n) is 4.02. The Kier molecular flexibility index (Phi) is 4.86. The maximum Gasteiger partial charge on any atom is 0.191 e. The van der Waals surface area contributed by atoms with Gasteiger partial charge in [-0.15, -0.1) is 22.7 Å². The van der Waals surface area contributed by atoms with Crippen molar-refractivity contribution >= 4 is 28.6 Å².